The van der Waals surface area contributed by atoms with Crippen molar-refractivity contribution in [1.29, 1.82) is 5.41 Å². The van der Waals surface area contributed by atoms with Crippen LogP contribution in [0.25, 0.3) is 10.8 Å². The molecule has 1 aliphatic rings. The molecule has 0 bridgehead atoms. The molecule has 13 heteroatoms. The Hall–Kier alpha value is -6.24. The van der Waals surface area contributed by atoms with E-state index in [1.54, 1.807) is 36.4 Å². The van der Waals surface area contributed by atoms with Crippen LogP contribution in [0.3, 0.4) is 0 Å². The van der Waals surface area contributed by atoms with Gasteiger partial charge >= 0.3 is 0 Å². The van der Waals surface area contributed by atoms with Crippen LogP contribution in [0.2, 0.25) is 0 Å². The first kappa shape index (κ1) is 38.0. The minimum Gasteiger partial charge on any atom is -0.370 e. The van der Waals surface area contributed by atoms with Crippen LogP contribution in [-0.2, 0) is 25.6 Å². The molecule has 0 spiro atoms. The van der Waals surface area contributed by atoms with Crippen molar-refractivity contribution in [2.24, 2.45) is 5.73 Å². The second-order valence-corrected chi connectivity index (χ2v) is 13.0. The predicted molar refractivity (Wildman–Crippen MR) is 204 cm³/mol. The fraction of sp³-hybridized carbons (Fsp3) is 0.300. The maximum Gasteiger partial charge on any atom is 0.251 e. The van der Waals surface area contributed by atoms with Gasteiger partial charge in [0.25, 0.3) is 5.91 Å². The molecule has 4 aromatic carbocycles. The van der Waals surface area contributed by atoms with Gasteiger partial charge in [-0.15, -0.1) is 0 Å². The van der Waals surface area contributed by atoms with Crippen LogP contribution < -0.4 is 37.6 Å². The van der Waals surface area contributed by atoms with Crippen LogP contribution in [0.1, 0.15) is 54.4 Å². The van der Waals surface area contributed by atoms with Crippen molar-refractivity contribution in [2.75, 3.05) is 11.9 Å². The van der Waals surface area contributed by atoms with Gasteiger partial charge in [0.2, 0.25) is 23.6 Å². The number of carbonyl (C=O) groups is 5. The summed E-state index contributed by atoms with van der Waals surface area (Å²) in [5, 5.41) is 26.3. The zero-order valence-electron chi connectivity index (χ0n) is 29.4. The summed E-state index contributed by atoms with van der Waals surface area (Å²) in [6.45, 7) is 0.271. The van der Waals surface area contributed by atoms with E-state index in [1.807, 2.05) is 66.7 Å². The fourth-order valence-electron chi connectivity index (χ4n) is 6.29. The molecule has 13 nitrogen and oxygen atoms in total. The van der Waals surface area contributed by atoms with E-state index in [4.69, 9.17) is 11.1 Å². The summed E-state index contributed by atoms with van der Waals surface area (Å²) in [5.74, 6) is -2.81. The first-order valence-corrected chi connectivity index (χ1v) is 17.9. The summed E-state index contributed by atoms with van der Waals surface area (Å²) in [4.78, 5) is 69.0. The normalized spacial score (nSPS) is 19.8. The number of nitrogens with two attached hydrogens (primary N) is 1. The first-order chi connectivity index (χ1) is 25.7. The SMILES string of the molecule is N=C(N)NCCC[C@@H]1NC(=O)[C@@H](Cc2ccccc2)NC(=O)[C@@H](NC(=O)c2ccccc2)CCCC[C@@H](C(=O)Nc2cccc3ccccc23)NC1=O. The molecule has 1 saturated heterocycles. The molecule has 0 radical (unpaired) electrons. The number of carbonyl (C=O) groups excluding carboxylic acids is 5. The highest BCUT2D eigenvalue weighted by Gasteiger charge is 2.32. The van der Waals surface area contributed by atoms with E-state index in [1.165, 1.54) is 0 Å². The van der Waals surface area contributed by atoms with Gasteiger partial charge in [0.05, 0.1) is 0 Å². The van der Waals surface area contributed by atoms with Crippen molar-refractivity contribution in [2.45, 2.75) is 69.1 Å². The summed E-state index contributed by atoms with van der Waals surface area (Å²) in [6.07, 6.45) is 1.94. The fourth-order valence-corrected chi connectivity index (χ4v) is 6.29. The lowest BCUT2D eigenvalue weighted by Gasteiger charge is -2.28. The Morgan fingerprint density at radius 1 is 0.736 bits per heavy atom. The Morgan fingerprint density at radius 3 is 2.13 bits per heavy atom. The van der Waals surface area contributed by atoms with Crippen molar-refractivity contribution in [3.63, 3.8) is 0 Å². The number of hydrogen-bond acceptors (Lipinski definition) is 6. The van der Waals surface area contributed by atoms with Crippen molar-refractivity contribution < 1.29 is 24.0 Å². The molecule has 0 saturated carbocycles. The zero-order valence-corrected chi connectivity index (χ0v) is 29.4. The average molecular weight is 719 g/mol. The lowest BCUT2D eigenvalue weighted by molar-refractivity contribution is -0.133. The third kappa shape index (κ3) is 11.1. The Labute approximate surface area is 308 Å². The second kappa shape index (κ2) is 18.8. The van der Waals surface area contributed by atoms with Crippen molar-refractivity contribution in [1.82, 2.24) is 26.6 Å². The zero-order chi connectivity index (χ0) is 37.6. The molecule has 0 aromatic heterocycles. The Morgan fingerprint density at radius 2 is 1.38 bits per heavy atom. The van der Waals surface area contributed by atoms with E-state index in [0.717, 1.165) is 16.3 Å². The van der Waals surface area contributed by atoms with Crippen LogP contribution in [0.5, 0.6) is 0 Å². The van der Waals surface area contributed by atoms with Gasteiger partial charge in [-0.2, -0.15) is 0 Å². The number of nitrogens with one attached hydrogen (secondary N) is 7. The monoisotopic (exact) mass is 718 g/mol. The second-order valence-electron chi connectivity index (χ2n) is 13.0. The molecule has 1 aliphatic heterocycles. The Balaban J connectivity index is 1.43. The molecule has 1 fully saturated rings. The van der Waals surface area contributed by atoms with Gasteiger partial charge in [0.1, 0.15) is 24.2 Å². The van der Waals surface area contributed by atoms with Gasteiger partial charge in [0, 0.05) is 29.6 Å². The number of guanidine groups is 1. The molecule has 5 amide bonds. The van der Waals surface area contributed by atoms with Crippen LogP contribution >= 0.6 is 0 Å². The molecule has 276 valence electrons. The number of benzene rings is 4. The predicted octanol–water partition coefficient (Wildman–Crippen LogP) is 3.11. The average Bonchev–Trinajstić information content (AvgIpc) is 3.16. The largest absolute Gasteiger partial charge is 0.370 e. The lowest BCUT2D eigenvalue weighted by atomic mass is 9.99. The van der Waals surface area contributed by atoms with E-state index in [-0.39, 0.29) is 38.2 Å². The molecule has 9 N–H and O–H groups in total. The highest BCUT2D eigenvalue weighted by Crippen LogP contribution is 2.23. The minimum absolute atomic E-state index is 0.119. The minimum atomic E-state index is -1.10. The molecule has 0 unspecified atom stereocenters. The van der Waals surface area contributed by atoms with Crippen LogP contribution in [-0.4, -0.2) is 66.2 Å². The summed E-state index contributed by atoms with van der Waals surface area (Å²) in [5.41, 5.74) is 7.19. The molecule has 0 aliphatic carbocycles. The molecular formula is C40H46N8O5. The topological polar surface area (TPSA) is 207 Å². The van der Waals surface area contributed by atoms with Gasteiger partial charge in [-0.25, -0.2) is 0 Å². The lowest BCUT2D eigenvalue weighted by Crippen LogP contribution is -2.58. The summed E-state index contributed by atoms with van der Waals surface area (Å²) >= 11 is 0. The maximum atomic E-state index is 14.0. The maximum absolute atomic E-state index is 14.0. The number of fused-ring (bicyclic) bond motifs is 1. The van der Waals surface area contributed by atoms with Gasteiger partial charge in [0.15, 0.2) is 5.96 Å². The van der Waals surface area contributed by atoms with E-state index in [2.05, 4.69) is 31.9 Å². The van der Waals surface area contributed by atoms with Gasteiger partial charge in [-0.1, -0.05) is 97.8 Å². The highest BCUT2D eigenvalue weighted by atomic mass is 16.2. The summed E-state index contributed by atoms with van der Waals surface area (Å²) in [6, 6.07) is 26.7. The molecule has 53 heavy (non-hydrogen) atoms. The van der Waals surface area contributed by atoms with E-state index in [9.17, 15) is 24.0 Å². The molecule has 1 heterocycles. The van der Waals surface area contributed by atoms with E-state index in [0.29, 0.717) is 30.5 Å². The van der Waals surface area contributed by atoms with Crippen LogP contribution in [0.4, 0.5) is 5.69 Å². The molecule has 5 rings (SSSR count). The first-order valence-electron chi connectivity index (χ1n) is 17.9. The number of anilines is 1. The summed E-state index contributed by atoms with van der Waals surface area (Å²) in [7, 11) is 0. The van der Waals surface area contributed by atoms with Crippen molar-refractivity contribution in [3.05, 3.63) is 114 Å². The molecular weight excluding hydrogens is 672 g/mol. The van der Waals surface area contributed by atoms with Crippen LogP contribution in [0.15, 0.2) is 103 Å². The Bertz CT molecular complexity index is 1900. The molecule has 4 aromatic rings. The number of amides is 5. The van der Waals surface area contributed by atoms with Crippen LogP contribution in [0, 0.1) is 5.41 Å². The van der Waals surface area contributed by atoms with Gasteiger partial charge < -0.3 is 37.6 Å². The number of hydrogen-bond donors (Lipinski definition) is 8. The Kier molecular flexibility index (Phi) is 13.5. The van der Waals surface area contributed by atoms with Crippen molar-refractivity contribution >= 4 is 52.0 Å². The third-order valence-electron chi connectivity index (χ3n) is 9.11. The quantitative estimate of drug-likeness (QED) is 0.0698. The van der Waals surface area contributed by atoms with Gasteiger partial charge in [-0.3, -0.25) is 29.4 Å². The van der Waals surface area contributed by atoms with Gasteiger partial charge in [-0.05, 0) is 54.8 Å². The van der Waals surface area contributed by atoms with E-state index < -0.39 is 53.7 Å². The van der Waals surface area contributed by atoms with Crippen molar-refractivity contribution in [3.8, 4) is 0 Å². The standard InChI is InChI=1S/C40H46N8O5/c41-40(42)43-24-12-23-33-37(51)46-32(36(50)44-30-22-11-18-27-15-7-8-19-29(27)30)21-10-9-20-31(45-35(49)28-16-5-2-6-17-28)38(52)48-34(39(53)47-33)25-26-13-3-1-4-14-26/h1-8,11,13-19,22,31-34H,9-10,12,20-21,23-25H2,(H,44,50)(H,45,49)(H,46,51)(H,47,53)(H,48,52)(H4,41,42,43)/t31-,32-,33-,34+/m0/s1. The molecule has 4 atom stereocenters. The highest BCUT2D eigenvalue weighted by molar-refractivity contribution is 6.05. The summed E-state index contributed by atoms with van der Waals surface area (Å²) < 4.78 is 0. The van der Waals surface area contributed by atoms with E-state index >= 15 is 0 Å². The smallest absolute Gasteiger partial charge is 0.251 e. The third-order valence-corrected chi connectivity index (χ3v) is 9.11. The number of rotatable bonds is 10.